The van der Waals surface area contributed by atoms with Gasteiger partial charge in [0.15, 0.2) is 0 Å². The Balaban J connectivity index is 1.20. The van der Waals surface area contributed by atoms with Crippen molar-refractivity contribution in [1.82, 2.24) is 0 Å². The lowest BCUT2D eigenvalue weighted by Gasteiger charge is -2.11. The number of hydrogen-bond donors (Lipinski definition) is 1. The molecule has 0 spiro atoms. The highest BCUT2D eigenvalue weighted by Gasteiger charge is 2.07. The molecule has 0 aliphatic rings. The molecule has 1 amide bonds. The van der Waals surface area contributed by atoms with E-state index in [0.717, 1.165) is 11.5 Å². The minimum atomic E-state index is -0.214. The van der Waals surface area contributed by atoms with E-state index in [9.17, 15) is 4.79 Å². The highest BCUT2D eigenvalue weighted by molar-refractivity contribution is 6.04. The minimum Gasteiger partial charge on any atom is -0.490 e. The molecule has 0 bridgehead atoms. The van der Waals surface area contributed by atoms with E-state index in [2.05, 4.69) is 5.32 Å². The summed E-state index contributed by atoms with van der Waals surface area (Å²) in [5, 5.41) is 2.89. The van der Waals surface area contributed by atoms with Crippen molar-refractivity contribution >= 4 is 11.6 Å². The predicted molar refractivity (Wildman–Crippen MR) is 136 cm³/mol. The molecule has 0 aliphatic carbocycles. The van der Waals surface area contributed by atoms with Gasteiger partial charge in [0.1, 0.15) is 49.4 Å². The predicted octanol–water partition coefficient (Wildman–Crippen LogP) is 5.85. The van der Waals surface area contributed by atoms with Crippen LogP contribution in [0.25, 0.3) is 0 Å². The monoisotopic (exact) mass is 469 g/mol. The van der Waals surface area contributed by atoms with Crippen molar-refractivity contribution in [3.8, 4) is 23.0 Å². The van der Waals surface area contributed by atoms with Crippen molar-refractivity contribution in [1.29, 1.82) is 0 Å². The van der Waals surface area contributed by atoms with Gasteiger partial charge in [-0.05, 0) is 60.7 Å². The Labute approximate surface area is 205 Å². The molecular weight excluding hydrogens is 442 g/mol. The van der Waals surface area contributed by atoms with Crippen LogP contribution in [0.3, 0.4) is 0 Å². The Hall–Kier alpha value is -4.45. The first-order valence-electron chi connectivity index (χ1n) is 11.4. The van der Waals surface area contributed by atoms with Crippen LogP contribution in [-0.2, 0) is 0 Å². The molecule has 0 unspecified atom stereocenters. The van der Waals surface area contributed by atoms with Gasteiger partial charge in [0.05, 0.1) is 0 Å². The van der Waals surface area contributed by atoms with Crippen LogP contribution in [-0.4, -0.2) is 32.3 Å². The SMILES string of the molecule is O=C(Nc1cccc(OCCOc2ccccc2)c1)c1ccc(OCCOc2ccccc2)cc1. The van der Waals surface area contributed by atoms with Gasteiger partial charge in [0, 0.05) is 17.3 Å². The van der Waals surface area contributed by atoms with Crippen molar-refractivity contribution in [3.63, 3.8) is 0 Å². The summed E-state index contributed by atoms with van der Waals surface area (Å²) in [5.41, 5.74) is 1.18. The number of hydrogen-bond acceptors (Lipinski definition) is 5. The van der Waals surface area contributed by atoms with Crippen LogP contribution in [0.1, 0.15) is 10.4 Å². The van der Waals surface area contributed by atoms with Crippen molar-refractivity contribution < 1.29 is 23.7 Å². The number of para-hydroxylation sites is 2. The first-order valence-corrected chi connectivity index (χ1v) is 11.4. The summed E-state index contributed by atoms with van der Waals surface area (Å²) in [6, 6.07) is 33.4. The molecule has 0 saturated heterocycles. The zero-order chi connectivity index (χ0) is 24.1. The lowest BCUT2D eigenvalue weighted by molar-refractivity contribution is 0.102. The van der Waals surface area contributed by atoms with Crippen LogP contribution in [0.15, 0.2) is 109 Å². The Kier molecular flexibility index (Phi) is 8.60. The fourth-order valence-electron chi connectivity index (χ4n) is 3.24. The summed E-state index contributed by atoms with van der Waals surface area (Å²) in [7, 11) is 0. The first-order chi connectivity index (χ1) is 17.3. The van der Waals surface area contributed by atoms with E-state index in [0.29, 0.717) is 49.2 Å². The molecule has 0 saturated carbocycles. The van der Waals surface area contributed by atoms with Crippen LogP contribution < -0.4 is 24.3 Å². The van der Waals surface area contributed by atoms with Gasteiger partial charge in [0.2, 0.25) is 0 Å². The second-order valence-electron chi connectivity index (χ2n) is 7.53. The number of amides is 1. The molecule has 0 aliphatic heterocycles. The Morgan fingerprint density at radius 2 is 0.971 bits per heavy atom. The average Bonchev–Trinajstić information content (AvgIpc) is 2.91. The lowest BCUT2D eigenvalue weighted by Crippen LogP contribution is -2.13. The van der Waals surface area contributed by atoms with Crippen molar-refractivity contribution in [2.24, 2.45) is 0 Å². The van der Waals surface area contributed by atoms with Gasteiger partial charge >= 0.3 is 0 Å². The van der Waals surface area contributed by atoms with Crippen molar-refractivity contribution in [2.45, 2.75) is 0 Å². The summed E-state index contributed by atoms with van der Waals surface area (Å²) >= 11 is 0. The third-order valence-electron chi connectivity index (χ3n) is 4.94. The number of carbonyl (C=O) groups excluding carboxylic acids is 1. The van der Waals surface area contributed by atoms with Gasteiger partial charge in [-0.2, -0.15) is 0 Å². The topological polar surface area (TPSA) is 66.0 Å². The second-order valence-corrected chi connectivity index (χ2v) is 7.53. The fraction of sp³-hybridized carbons (Fsp3) is 0.138. The van der Waals surface area contributed by atoms with Crippen molar-refractivity contribution in [2.75, 3.05) is 31.7 Å². The summed E-state index contributed by atoms with van der Waals surface area (Å²) < 4.78 is 22.7. The maximum Gasteiger partial charge on any atom is 0.255 e. The molecule has 4 aromatic carbocycles. The standard InChI is InChI=1S/C29H27NO5/c31-29(23-14-16-27(17-15-23)34-19-18-32-25-9-3-1-4-10-25)30-24-8-7-13-28(22-24)35-21-20-33-26-11-5-2-6-12-26/h1-17,22H,18-21H2,(H,30,31). The summed E-state index contributed by atoms with van der Waals surface area (Å²) in [6.45, 7) is 1.66. The quantitative estimate of drug-likeness (QED) is 0.264. The minimum absolute atomic E-state index is 0.214. The first kappa shape index (κ1) is 23.7. The smallest absolute Gasteiger partial charge is 0.255 e. The molecule has 0 fully saturated rings. The summed E-state index contributed by atoms with van der Waals surface area (Å²) in [6.07, 6.45) is 0. The summed E-state index contributed by atoms with van der Waals surface area (Å²) in [4.78, 5) is 12.6. The van der Waals surface area contributed by atoms with Gasteiger partial charge in [0.25, 0.3) is 5.91 Å². The van der Waals surface area contributed by atoms with Crippen LogP contribution in [0.4, 0.5) is 5.69 Å². The van der Waals surface area contributed by atoms with Crippen LogP contribution in [0.5, 0.6) is 23.0 Å². The van der Waals surface area contributed by atoms with E-state index < -0.39 is 0 Å². The highest BCUT2D eigenvalue weighted by atomic mass is 16.5. The van der Waals surface area contributed by atoms with E-state index in [1.165, 1.54) is 0 Å². The molecule has 0 heterocycles. The van der Waals surface area contributed by atoms with E-state index in [4.69, 9.17) is 18.9 Å². The van der Waals surface area contributed by atoms with Crippen LogP contribution >= 0.6 is 0 Å². The molecule has 0 aromatic heterocycles. The fourth-order valence-corrected chi connectivity index (χ4v) is 3.24. The van der Waals surface area contributed by atoms with E-state index in [-0.39, 0.29) is 5.91 Å². The van der Waals surface area contributed by atoms with E-state index >= 15 is 0 Å². The van der Waals surface area contributed by atoms with Gasteiger partial charge in [-0.15, -0.1) is 0 Å². The lowest BCUT2D eigenvalue weighted by atomic mass is 10.2. The Morgan fingerprint density at radius 3 is 1.51 bits per heavy atom. The average molecular weight is 470 g/mol. The molecule has 1 N–H and O–H groups in total. The van der Waals surface area contributed by atoms with Gasteiger partial charge in [-0.25, -0.2) is 0 Å². The normalized spacial score (nSPS) is 10.3. The maximum atomic E-state index is 12.6. The molecule has 0 atom stereocenters. The zero-order valence-corrected chi connectivity index (χ0v) is 19.3. The number of nitrogens with one attached hydrogen (secondary N) is 1. The molecule has 6 heteroatoms. The van der Waals surface area contributed by atoms with Crippen LogP contribution in [0.2, 0.25) is 0 Å². The van der Waals surface area contributed by atoms with Gasteiger partial charge in [-0.3, -0.25) is 4.79 Å². The molecule has 4 aromatic rings. The van der Waals surface area contributed by atoms with Crippen molar-refractivity contribution in [3.05, 3.63) is 115 Å². The molecule has 0 radical (unpaired) electrons. The number of rotatable bonds is 12. The number of ether oxygens (including phenoxy) is 4. The second kappa shape index (κ2) is 12.7. The molecule has 4 rings (SSSR count). The third kappa shape index (κ3) is 7.82. The Morgan fingerprint density at radius 1 is 0.514 bits per heavy atom. The summed E-state index contributed by atoms with van der Waals surface area (Å²) in [5.74, 6) is 2.72. The Bertz CT molecular complexity index is 1180. The number of anilines is 1. The van der Waals surface area contributed by atoms with Crippen LogP contribution in [0, 0.1) is 0 Å². The molecular formula is C29H27NO5. The largest absolute Gasteiger partial charge is 0.490 e. The molecule has 6 nitrogen and oxygen atoms in total. The third-order valence-corrected chi connectivity index (χ3v) is 4.94. The van der Waals surface area contributed by atoms with E-state index in [1.54, 1.807) is 30.3 Å². The number of carbonyl (C=O) groups is 1. The van der Waals surface area contributed by atoms with Gasteiger partial charge in [-0.1, -0.05) is 42.5 Å². The zero-order valence-electron chi connectivity index (χ0n) is 19.3. The number of benzene rings is 4. The maximum absolute atomic E-state index is 12.6. The van der Waals surface area contributed by atoms with Gasteiger partial charge < -0.3 is 24.3 Å². The molecule has 178 valence electrons. The highest BCUT2D eigenvalue weighted by Crippen LogP contribution is 2.19. The molecule has 35 heavy (non-hydrogen) atoms. The van der Waals surface area contributed by atoms with E-state index in [1.807, 2.05) is 78.9 Å².